The Morgan fingerprint density at radius 2 is 0.250 bits per heavy atom. The molecule has 11 nitrogen and oxygen atoms in total. The second kappa shape index (κ2) is 32.9. The number of nitrogens with zero attached hydrogens (tertiary/aromatic N) is 11. The van der Waals surface area contributed by atoms with Crippen molar-refractivity contribution in [2.75, 3.05) is 0 Å². The van der Waals surface area contributed by atoms with Gasteiger partial charge >= 0.3 is 0 Å². The maximum absolute atomic E-state index is 5.59. The standard InChI is InChI=1S/C109H71N11/c1-11-32-72(33-12-1)86-65-93(74-34-13-2-14-35-74)110-94(66-86)90-62-91(108-114-95(75-36-15-3-16-37-75)67-96(115-108)76-38-17-4-18-39-76)64-92(63-90)109-116-97(77-40-19-5-20-41-77)68-101(117-109)81-56-54-73(55-57-81)84-52-31-53-85(58-84)107-113-100(80-46-25-8-26-47-80)71-104(120-107)89-60-87(102-69-98(78-42-21-6-22-43-78)111-105(118-102)82-48-27-9-28-49-82)59-88(61-89)103-70-99(79-44-23-7-24-45-79)112-106(119-103)83-50-29-10-30-51-83/h1-71H. The van der Waals surface area contributed by atoms with E-state index >= 15 is 0 Å². The van der Waals surface area contributed by atoms with Crippen molar-refractivity contribution >= 4 is 0 Å². The number of aromatic nitrogens is 11. The minimum Gasteiger partial charge on any atom is -0.248 e. The molecule has 11 heteroatoms. The molecule has 0 amide bonds. The van der Waals surface area contributed by atoms with Gasteiger partial charge in [0.2, 0.25) is 0 Å². The molecular formula is C109H71N11. The van der Waals surface area contributed by atoms with Crippen LogP contribution in [0.3, 0.4) is 0 Å². The number of rotatable bonds is 19. The van der Waals surface area contributed by atoms with Crippen LogP contribution in [0.25, 0.3) is 214 Å². The van der Waals surface area contributed by atoms with Crippen LogP contribution in [0.15, 0.2) is 431 Å². The third-order valence-electron chi connectivity index (χ3n) is 21.3. The molecule has 562 valence electrons. The summed E-state index contributed by atoms with van der Waals surface area (Å²) >= 11 is 0. The summed E-state index contributed by atoms with van der Waals surface area (Å²) < 4.78 is 0. The molecule has 6 aromatic heterocycles. The summed E-state index contributed by atoms with van der Waals surface area (Å²) in [7, 11) is 0. The van der Waals surface area contributed by atoms with Gasteiger partial charge in [0, 0.05) is 94.6 Å². The normalized spacial score (nSPS) is 11.2. The maximum atomic E-state index is 5.59. The van der Waals surface area contributed by atoms with E-state index in [0.717, 1.165) is 179 Å². The van der Waals surface area contributed by atoms with Crippen LogP contribution in [0.5, 0.6) is 0 Å². The van der Waals surface area contributed by atoms with Crippen molar-refractivity contribution in [3.8, 4) is 214 Å². The van der Waals surface area contributed by atoms with Gasteiger partial charge in [-0.25, -0.2) is 54.8 Å². The lowest BCUT2D eigenvalue weighted by Gasteiger charge is -2.15. The molecule has 6 heterocycles. The Balaban J connectivity index is 0.715. The zero-order valence-corrected chi connectivity index (χ0v) is 64.9. The Hall–Kier alpha value is -16.4. The second-order valence-corrected chi connectivity index (χ2v) is 29.4. The van der Waals surface area contributed by atoms with Crippen LogP contribution in [0.4, 0.5) is 0 Å². The van der Waals surface area contributed by atoms with Crippen molar-refractivity contribution < 1.29 is 0 Å². The van der Waals surface area contributed by atoms with E-state index in [0.29, 0.717) is 34.8 Å². The first kappa shape index (κ1) is 72.6. The van der Waals surface area contributed by atoms with Gasteiger partial charge in [0.25, 0.3) is 0 Å². The minimum absolute atomic E-state index is 0.517. The molecule has 0 saturated carbocycles. The van der Waals surface area contributed by atoms with E-state index in [1.54, 1.807) is 0 Å². The van der Waals surface area contributed by atoms with E-state index in [4.69, 9.17) is 54.8 Å². The van der Waals surface area contributed by atoms with Crippen LogP contribution in [0, 0.1) is 0 Å². The second-order valence-electron chi connectivity index (χ2n) is 29.4. The van der Waals surface area contributed by atoms with E-state index in [-0.39, 0.29) is 0 Å². The van der Waals surface area contributed by atoms with Crippen molar-refractivity contribution in [1.29, 1.82) is 0 Å². The van der Waals surface area contributed by atoms with Crippen LogP contribution in [0.2, 0.25) is 0 Å². The predicted molar refractivity (Wildman–Crippen MR) is 485 cm³/mol. The van der Waals surface area contributed by atoms with Gasteiger partial charge in [-0.3, -0.25) is 0 Å². The van der Waals surface area contributed by atoms with Crippen molar-refractivity contribution in [3.63, 3.8) is 0 Å². The molecule has 0 saturated heterocycles. The largest absolute Gasteiger partial charge is 0.248 e. The number of hydrogen-bond donors (Lipinski definition) is 0. The highest BCUT2D eigenvalue weighted by molar-refractivity contribution is 5.87. The highest BCUT2D eigenvalue weighted by atomic mass is 14.9. The molecule has 0 aliphatic rings. The maximum Gasteiger partial charge on any atom is 0.160 e. The summed E-state index contributed by atoms with van der Waals surface area (Å²) in [6.45, 7) is 0. The molecule has 0 atom stereocenters. The molecule has 0 fully saturated rings. The average Bonchev–Trinajstić information content (AvgIpc) is 0.772. The SMILES string of the molecule is c1ccc(-c2cc(-c3ccccc3)nc(-c3cc(-c4nc(-c5ccccc5)cc(-c5ccccc5)n4)cc(-c4nc(-c5ccccc5)cc(-c5ccc(-c6cccc(-c7nc(-c8ccccc8)cc(-c8cc(-c9cc(-c%10ccccc%10)nc(-c%10ccccc%10)n9)cc(-c9cc(-c%10ccccc%10)nc(-c%10ccccc%10)n9)c8)n7)c6)cc5)n4)c3)c2)cc1. The lowest BCUT2D eigenvalue weighted by atomic mass is 9.96. The lowest BCUT2D eigenvalue weighted by molar-refractivity contribution is 1.17. The Labute approximate surface area is 695 Å². The molecule has 20 aromatic rings. The molecule has 120 heavy (non-hydrogen) atoms. The van der Waals surface area contributed by atoms with Crippen molar-refractivity contribution in [2.45, 2.75) is 0 Å². The summed E-state index contributed by atoms with van der Waals surface area (Å²) in [4.78, 5) is 59.6. The van der Waals surface area contributed by atoms with E-state index < -0.39 is 0 Å². The molecule has 20 rings (SSSR count). The average molecular weight is 1530 g/mol. The fourth-order valence-electron chi connectivity index (χ4n) is 15.2. The number of hydrogen-bond acceptors (Lipinski definition) is 11. The Kier molecular flexibility index (Phi) is 19.9. The van der Waals surface area contributed by atoms with E-state index in [1.165, 1.54) is 0 Å². The molecular weight excluding hydrogens is 1460 g/mol. The van der Waals surface area contributed by atoms with Gasteiger partial charge in [-0.1, -0.05) is 346 Å². The fourth-order valence-corrected chi connectivity index (χ4v) is 15.2. The van der Waals surface area contributed by atoms with Crippen LogP contribution in [-0.4, -0.2) is 54.8 Å². The lowest BCUT2D eigenvalue weighted by Crippen LogP contribution is -2.00. The van der Waals surface area contributed by atoms with Crippen molar-refractivity contribution in [1.82, 2.24) is 54.8 Å². The Morgan fingerprint density at radius 1 is 0.0833 bits per heavy atom. The molecule has 0 spiro atoms. The third kappa shape index (κ3) is 15.7. The third-order valence-corrected chi connectivity index (χ3v) is 21.3. The number of pyridine rings is 1. The summed E-state index contributed by atoms with van der Waals surface area (Å²) in [6, 6.07) is 148. The van der Waals surface area contributed by atoms with Crippen LogP contribution < -0.4 is 0 Å². The topological polar surface area (TPSA) is 142 Å². The zero-order chi connectivity index (χ0) is 79.9. The van der Waals surface area contributed by atoms with Gasteiger partial charge in [0.05, 0.1) is 68.3 Å². The van der Waals surface area contributed by atoms with Gasteiger partial charge in [-0.15, -0.1) is 0 Å². The predicted octanol–water partition coefficient (Wildman–Crippen LogP) is 26.7. The first-order valence-corrected chi connectivity index (χ1v) is 39.9. The van der Waals surface area contributed by atoms with Gasteiger partial charge in [-0.2, -0.15) is 0 Å². The van der Waals surface area contributed by atoms with Crippen LogP contribution in [-0.2, 0) is 0 Å². The molecule has 14 aromatic carbocycles. The Bertz CT molecular complexity index is 6560. The Morgan fingerprint density at radius 3 is 0.542 bits per heavy atom. The molecule has 0 N–H and O–H groups in total. The van der Waals surface area contributed by atoms with Gasteiger partial charge < -0.3 is 0 Å². The van der Waals surface area contributed by atoms with Crippen molar-refractivity contribution in [2.24, 2.45) is 0 Å². The quantitative estimate of drug-likeness (QED) is 0.0764. The summed E-state index contributed by atoms with van der Waals surface area (Å²) in [6.07, 6.45) is 0. The number of benzene rings is 14. The highest BCUT2D eigenvalue weighted by Crippen LogP contribution is 2.42. The zero-order valence-electron chi connectivity index (χ0n) is 64.9. The molecule has 0 bridgehead atoms. The molecule has 0 aliphatic heterocycles. The molecule has 0 aliphatic carbocycles. The monoisotopic (exact) mass is 1530 g/mol. The van der Waals surface area contributed by atoms with Gasteiger partial charge in [-0.05, 0) is 107 Å². The summed E-state index contributed by atoms with van der Waals surface area (Å²) in [5, 5.41) is 0. The highest BCUT2D eigenvalue weighted by Gasteiger charge is 2.23. The minimum atomic E-state index is 0.517. The van der Waals surface area contributed by atoms with E-state index in [9.17, 15) is 0 Å². The van der Waals surface area contributed by atoms with Crippen LogP contribution >= 0.6 is 0 Å². The van der Waals surface area contributed by atoms with E-state index in [1.807, 2.05) is 158 Å². The molecule has 0 radical (unpaired) electrons. The van der Waals surface area contributed by atoms with Gasteiger partial charge in [0.1, 0.15) is 0 Å². The van der Waals surface area contributed by atoms with Crippen LogP contribution in [0.1, 0.15) is 0 Å². The van der Waals surface area contributed by atoms with Crippen molar-refractivity contribution in [3.05, 3.63) is 431 Å². The molecule has 0 unspecified atom stereocenters. The summed E-state index contributed by atoms with van der Waals surface area (Å²) in [5.41, 5.74) is 28.4. The van der Waals surface area contributed by atoms with Gasteiger partial charge in [0.15, 0.2) is 29.1 Å². The van der Waals surface area contributed by atoms with E-state index in [2.05, 4.69) is 273 Å². The first-order valence-electron chi connectivity index (χ1n) is 39.9. The smallest absolute Gasteiger partial charge is 0.160 e. The summed E-state index contributed by atoms with van der Waals surface area (Å²) in [5.74, 6) is 2.81. The first-order chi connectivity index (χ1) is 59.4. The fraction of sp³-hybridized carbons (Fsp3) is 0.